The molecular weight excluding hydrogens is 330 g/mol. The number of nitrogens with zero attached hydrogens (tertiary/aromatic N) is 3. The van der Waals surface area contributed by atoms with E-state index in [4.69, 9.17) is 0 Å². The van der Waals surface area contributed by atoms with Crippen molar-refractivity contribution < 1.29 is 9.59 Å². The topological polar surface area (TPSA) is 72.3 Å². The molecule has 2 aromatic rings. The van der Waals surface area contributed by atoms with Gasteiger partial charge in [0.25, 0.3) is 5.56 Å². The molecule has 0 spiro atoms. The van der Waals surface area contributed by atoms with Gasteiger partial charge in [0, 0.05) is 30.0 Å². The molecule has 0 saturated heterocycles. The lowest BCUT2D eigenvalue weighted by Gasteiger charge is -2.24. The number of aromatic nitrogens is 2. The van der Waals surface area contributed by atoms with E-state index in [9.17, 15) is 14.4 Å². The third-order valence-corrected chi connectivity index (χ3v) is 4.36. The third-order valence-electron chi connectivity index (χ3n) is 4.36. The minimum absolute atomic E-state index is 0.228. The van der Waals surface area contributed by atoms with Gasteiger partial charge in [0.1, 0.15) is 0 Å². The van der Waals surface area contributed by atoms with Gasteiger partial charge in [-0.3, -0.25) is 14.4 Å². The number of hydrogen-bond donors (Lipinski definition) is 0. The molecule has 0 saturated carbocycles. The maximum absolute atomic E-state index is 13.0. The maximum Gasteiger partial charge on any atom is 0.274 e. The summed E-state index contributed by atoms with van der Waals surface area (Å²) in [6.45, 7) is 5.85. The van der Waals surface area contributed by atoms with Crippen LogP contribution in [0.1, 0.15) is 64.9 Å². The van der Waals surface area contributed by atoms with Crippen LogP contribution in [0.5, 0.6) is 0 Å². The molecule has 0 aliphatic heterocycles. The van der Waals surface area contributed by atoms with Crippen molar-refractivity contribution in [2.24, 2.45) is 0 Å². The fraction of sp³-hybridized carbons (Fsp3) is 0.500. The first-order chi connectivity index (χ1) is 12.5. The lowest BCUT2D eigenvalue weighted by Crippen LogP contribution is -2.51. The van der Waals surface area contributed by atoms with Crippen molar-refractivity contribution in [1.82, 2.24) is 9.66 Å². The molecule has 6 heteroatoms. The molecule has 2 amide bonds. The molecule has 0 bridgehead atoms. The number of carbonyl (C=O) groups is 2. The summed E-state index contributed by atoms with van der Waals surface area (Å²) in [6, 6.07) is 5.40. The predicted octanol–water partition coefficient (Wildman–Crippen LogP) is 3.33. The van der Waals surface area contributed by atoms with Crippen LogP contribution in [0, 0.1) is 0 Å². The fourth-order valence-corrected chi connectivity index (χ4v) is 2.85. The Morgan fingerprint density at radius 2 is 1.69 bits per heavy atom. The van der Waals surface area contributed by atoms with Crippen LogP contribution < -0.4 is 10.6 Å². The van der Waals surface area contributed by atoms with Gasteiger partial charge in [-0.25, -0.2) is 4.98 Å². The van der Waals surface area contributed by atoms with Gasteiger partial charge in [0.05, 0.1) is 0 Å². The van der Waals surface area contributed by atoms with Gasteiger partial charge < -0.3 is 0 Å². The van der Waals surface area contributed by atoms with Crippen LogP contribution in [0.2, 0.25) is 0 Å². The summed E-state index contributed by atoms with van der Waals surface area (Å²) in [6.07, 6.45) is 5.56. The summed E-state index contributed by atoms with van der Waals surface area (Å²) in [5.74, 6) is -0.703. The van der Waals surface area contributed by atoms with Crippen LogP contribution in [0.3, 0.4) is 0 Å². The number of pyridine rings is 2. The molecule has 0 N–H and O–H groups in total. The molecule has 0 atom stereocenters. The zero-order valence-electron chi connectivity index (χ0n) is 15.8. The highest BCUT2D eigenvalue weighted by atomic mass is 16.2. The van der Waals surface area contributed by atoms with Gasteiger partial charge in [0.15, 0.2) is 5.65 Å². The lowest BCUT2D eigenvalue weighted by molar-refractivity contribution is -0.129. The zero-order chi connectivity index (χ0) is 19.1. The van der Waals surface area contributed by atoms with E-state index in [1.54, 1.807) is 18.3 Å². The Kier molecular flexibility index (Phi) is 7.06. The smallest absolute Gasteiger partial charge is 0.273 e. The van der Waals surface area contributed by atoms with Crippen molar-refractivity contribution in [3.05, 3.63) is 40.3 Å². The summed E-state index contributed by atoms with van der Waals surface area (Å²) >= 11 is 0. The summed E-state index contributed by atoms with van der Waals surface area (Å²) in [4.78, 5) is 42.9. The van der Waals surface area contributed by atoms with E-state index in [1.807, 2.05) is 26.8 Å². The van der Waals surface area contributed by atoms with E-state index < -0.39 is 0 Å². The molecule has 0 aromatic carbocycles. The quantitative estimate of drug-likeness (QED) is 0.726. The first kappa shape index (κ1) is 19.8. The van der Waals surface area contributed by atoms with Crippen molar-refractivity contribution in [1.29, 1.82) is 0 Å². The van der Waals surface area contributed by atoms with E-state index in [0.29, 0.717) is 30.5 Å². The summed E-state index contributed by atoms with van der Waals surface area (Å²) in [5, 5.41) is 1.77. The average Bonchev–Trinajstić information content (AvgIpc) is 2.66. The van der Waals surface area contributed by atoms with E-state index in [-0.39, 0.29) is 30.2 Å². The Labute approximate surface area is 153 Å². The van der Waals surface area contributed by atoms with Gasteiger partial charge in [-0.1, -0.05) is 33.6 Å². The largest absolute Gasteiger partial charge is 0.274 e. The Morgan fingerprint density at radius 1 is 1.08 bits per heavy atom. The van der Waals surface area contributed by atoms with Crippen LogP contribution in [0.4, 0.5) is 0 Å². The molecular formula is C20H27N3O3. The van der Waals surface area contributed by atoms with Gasteiger partial charge in [0.2, 0.25) is 11.8 Å². The standard InChI is InChI=1S/C20H27N3O3/c1-4-7-11-17(24)22(18(25)12-8-5-2)23-19-16(10-9-13-21-19)14-15(6-3)20(23)26/h9-10,13-14H,4-8,11-12H2,1-3H3. The fourth-order valence-electron chi connectivity index (χ4n) is 2.85. The molecule has 0 unspecified atom stereocenters. The number of imide groups is 1. The van der Waals surface area contributed by atoms with Crippen molar-refractivity contribution in [3.8, 4) is 0 Å². The number of amides is 2. The summed E-state index contributed by atoms with van der Waals surface area (Å²) < 4.78 is 1.18. The highest BCUT2D eigenvalue weighted by Gasteiger charge is 2.26. The van der Waals surface area contributed by atoms with E-state index in [1.165, 1.54) is 4.68 Å². The number of aryl methyl sites for hydroxylation is 1. The first-order valence-corrected chi connectivity index (χ1v) is 9.40. The number of hydrogen-bond acceptors (Lipinski definition) is 4. The molecule has 140 valence electrons. The molecule has 0 aliphatic carbocycles. The highest BCUT2D eigenvalue weighted by Crippen LogP contribution is 2.14. The predicted molar refractivity (Wildman–Crippen MR) is 103 cm³/mol. The van der Waals surface area contributed by atoms with Gasteiger partial charge in [-0.15, -0.1) is 0 Å². The van der Waals surface area contributed by atoms with Crippen molar-refractivity contribution in [3.63, 3.8) is 0 Å². The molecule has 2 aromatic heterocycles. The molecule has 26 heavy (non-hydrogen) atoms. The monoisotopic (exact) mass is 357 g/mol. The zero-order valence-corrected chi connectivity index (χ0v) is 15.8. The van der Waals surface area contributed by atoms with E-state index in [2.05, 4.69) is 4.98 Å². The second-order valence-electron chi connectivity index (χ2n) is 6.36. The lowest BCUT2D eigenvalue weighted by atomic mass is 10.1. The molecule has 0 fully saturated rings. The third kappa shape index (κ3) is 4.18. The Morgan fingerprint density at radius 3 is 2.23 bits per heavy atom. The minimum Gasteiger partial charge on any atom is -0.273 e. The summed E-state index contributed by atoms with van der Waals surface area (Å²) in [7, 11) is 0. The van der Waals surface area contributed by atoms with Gasteiger partial charge >= 0.3 is 0 Å². The van der Waals surface area contributed by atoms with E-state index >= 15 is 0 Å². The number of fused-ring (bicyclic) bond motifs is 1. The van der Waals surface area contributed by atoms with Crippen LogP contribution in [-0.2, 0) is 16.0 Å². The number of unbranched alkanes of at least 4 members (excludes halogenated alkanes) is 2. The Balaban J connectivity index is 2.66. The number of carbonyl (C=O) groups excluding carboxylic acids is 2. The normalized spacial score (nSPS) is 10.9. The Hall–Kier alpha value is -2.50. The molecule has 0 radical (unpaired) electrons. The number of rotatable bonds is 8. The summed E-state index contributed by atoms with van der Waals surface area (Å²) in [5.41, 5.74) is 0.542. The van der Waals surface area contributed by atoms with Crippen molar-refractivity contribution in [2.45, 2.75) is 65.7 Å². The van der Waals surface area contributed by atoms with Crippen LogP contribution in [-0.4, -0.2) is 21.5 Å². The van der Waals surface area contributed by atoms with Gasteiger partial charge in [-0.05, 0) is 37.5 Å². The first-order valence-electron chi connectivity index (χ1n) is 9.40. The molecule has 2 rings (SSSR count). The second kappa shape index (κ2) is 9.27. The maximum atomic E-state index is 13.0. The van der Waals surface area contributed by atoms with Crippen LogP contribution in [0.25, 0.3) is 11.0 Å². The second-order valence-corrected chi connectivity index (χ2v) is 6.36. The Bertz CT molecular complexity index is 822. The average molecular weight is 357 g/mol. The highest BCUT2D eigenvalue weighted by molar-refractivity contribution is 6.09. The van der Waals surface area contributed by atoms with Crippen molar-refractivity contribution >= 4 is 22.8 Å². The SMILES string of the molecule is CCCCC(=O)N(C(=O)CCCC)n1c(=O)c(CC)cc2cccnc21. The minimum atomic E-state index is -0.353. The van der Waals surface area contributed by atoms with E-state index in [0.717, 1.165) is 23.2 Å². The van der Waals surface area contributed by atoms with Crippen LogP contribution >= 0.6 is 0 Å². The van der Waals surface area contributed by atoms with Gasteiger partial charge in [-0.2, -0.15) is 9.69 Å². The van der Waals surface area contributed by atoms with Crippen molar-refractivity contribution in [2.75, 3.05) is 5.01 Å². The molecule has 2 heterocycles. The molecule has 6 nitrogen and oxygen atoms in total. The van der Waals surface area contributed by atoms with Crippen LogP contribution in [0.15, 0.2) is 29.2 Å². The molecule has 0 aliphatic rings.